The number of nitrogens with zero attached hydrogens (tertiary/aromatic N) is 1. The maximum Gasteiger partial charge on any atom is 0.188 e. The summed E-state index contributed by atoms with van der Waals surface area (Å²) in [6.45, 7) is 0.619. The molecule has 0 N–H and O–H groups in total. The number of rotatable bonds is 6. The van der Waals surface area contributed by atoms with Gasteiger partial charge in [0.25, 0.3) is 0 Å². The molecule has 0 bridgehead atoms. The predicted molar refractivity (Wildman–Crippen MR) is 131 cm³/mol. The van der Waals surface area contributed by atoms with Gasteiger partial charge < -0.3 is 4.74 Å². The largest absolute Gasteiger partial charge is 0.478 e. The molecular weight excluding hydrogens is 397 g/mol. The van der Waals surface area contributed by atoms with Gasteiger partial charge in [0.2, 0.25) is 0 Å². The fourth-order valence-electron chi connectivity index (χ4n) is 3.99. The Labute approximate surface area is 185 Å². The number of hydrogen-bond acceptors (Lipinski definition) is 2. The fraction of sp³-hybridized carbons (Fsp3) is 0.107. The molecule has 0 aliphatic carbocycles. The zero-order valence-electron chi connectivity index (χ0n) is 17.3. The molecule has 5 rings (SSSR count). The van der Waals surface area contributed by atoms with Gasteiger partial charge in [0.1, 0.15) is 12.6 Å². The highest BCUT2D eigenvalue weighted by Crippen LogP contribution is 2.34. The molecule has 0 radical (unpaired) electrons. The van der Waals surface area contributed by atoms with Crippen molar-refractivity contribution in [3.63, 3.8) is 0 Å². The topological polar surface area (TPSA) is 21.6 Å². The Kier molecular flexibility index (Phi) is 5.91. The molecule has 1 atom stereocenters. The average Bonchev–Trinajstić information content (AvgIpc) is 3.31. The van der Waals surface area contributed by atoms with Crippen LogP contribution in [-0.4, -0.2) is 12.5 Å². The molecule has 0 saturated carbocycles. The van der Waals surface area contributed by atoms with Gasteiger partial charge in [-0.15, -0.1) is 0 Å². The van der Waals surface area contributed by atoms with Crippen LogP contribution < -0.4 is 15.9 Å². The van der Waals surface area contributed by atoms with Crippen LogP contribution in [0.4, 0.5) is 0 Å². The van der Waals surface area contributed by atoms with Gasteiger partial charge in [-0.3, -0.25) is 0 Å². The van der Waals surface area contributed by atoms with Crippen LogP contribution in [-0.2, 0) is 11.2 Å². The minimum atomic E-state index is -0.652. The fourth-order valence-corrected chi connectivity index (χ4v) is 6.46. The monoisotopic (exact) mass is 421 g/mol. The molecule has 0 fully saturated rings. The summed E-state index contributed by atoms with van der Waals surface area (Å²) in [5, 5.41) is 4.07. The van der Waals surface area contributed by atoms with Crippen LogP contribution in [0.25, 0.3) is 0 Å². The van der Waals surface area contributed by atoms with E-state index in [1.165, 1.54) is 27.0 Å². The third kappa shape index (κ3) is 4.45. The Morgan fingerprint density at radius 3 is 1.87 bits per heavy atom. The summed E-state index contributed by atoms with van der Waals surface area (Å²) in [5.41, 5.74) is 2.50. The zero-order valence-corrected chi connectivity index (χ0v) is 18.2. The second kappa shape index (κ2) is 9.29. The Balaban J connectivity index is 1.50. The minimum absolute atomic E-state index is 0.0909. The lowest BCUT2D eigenvalue weighted by Gasteiger charge is -2.22. The molecule has 1 aliphatic rings. The van der Waals surface area contributed by atoms with E-state index in [9.17, 15) is 0 Å². The first-order valence-corrected chi connectivity index (χ1v) is 12.0. The Bertz CT molecular complexity index is 1120. The summed E-state index contributed by atoms with van der Waals surface area (Å²) in [7, 11) is -0.652. The van der Waals surface area contributed by atoms with Crippen molar-refractivity contribution in [3.05, 3.63) is 126 Å². The molecule has 0 aromatic heterocycles. The van der Waals surface area contributed by atoms with Gasteiger partial charge in [0.05, 0.1) is 0 Å². The molecule has 0 amide bonds. The molecule has 0 saturated heterocycles. The van der Waals surface area contributed by atoms with Crippen LogP contribution in [0.1, 0.15) is 17.2 Å². The molecule has 4 aromatic rings. The maximum atomic E-state index is 6.03. The number of aliphatic imine (C=N–C) groups is 1. The van der Waals surface area contributed by atoms with Crippen LogP contribution in [0, 0.1) is 0 Å². The lowest BCUT2D eigenvalue weighted by molar-refractivity contribution is 0.313. The summed E-state index contributed by atoms with van der Waals surface area (Å²) >= 11 is 0. The summed E-state index contributed by atoms with van der Waals surface area (Å²) in [4.78, 5) is 4.90. The van der Waals surface area contributed by atoms with E-state index in [0.717, 1.165) is 12.3 Å². The second-order valence-electron chi connectivity index (χ2n) is 7.57. The Morgan fingerprint density at radius 1 is 0.677 bits per heavy atom. The number of ether oxygens (including phenoxy) is 1. The smallest absolute Gasteiger partial charge is 0.188 e. The van der Waals surface area contributed by atoms with E-state index in [-0.39, 0.29) is 6.04 Å². The quantitative estimate of drug-likeness (QED) is 0.394. The van der Waals surface area contributed by atoms with E-state index in [4.69, 9.17) is 9.73 Å². The SMILES string of the molecule is c1ccc([C@H]2COC(Cc3ccccc3P(c3ccccc3)c3ccccc3)=N2)cc1. The lowest BCUT2D eigenvalue weighted by Crippen LogP contribution is -2.24. The third-order valence-electron chi connectivity index (χ3n) is 5.49. The van der Waals surface area contributed by atoms with E-state index >= 15 is 0 Å². The highest BCUT2D eigenvalue weighted by molar-refractivity contribution is 7.79. The normalized spacial score (nSPS) is 15.5. The molecule has 1 aliphatic heterocycles. The zero-order chi connectivity index (χ0) is 20.9. The first-order chi connectivity index (χ1) is 15.4. The van der Waals surface area contributed by atoms with Crippen molar-refractivity contribution >= 4 is 29.7 Å². The van der Waals surface area contributed by atoms with E-state index in [2.05, 4.69) is 109 Å². The predicted octanol–water partition coefficient (Wildman–Crippen LogP) is 5.16. The van der Waals surface area contributed by atoms with Crippen LogP contribution in [0.5, 0.6) is 0 Å². The molecular formula is C28H24NOP. The van der Waals surface area contributed by atoms with Gasteiger partial charge in [-0.1, -0.05) is 115 Å². The summed E-state index contributed by atoms with van der Waals surface area (Å²) in [6.07, 6.45) is 0.720. The van der Waals surface area contributed by atoms with E-state index < -0.39 is 7.92 Å². The van der Waals surface area contributed by atoms with Crippen molar-refractivity contribution in [2.45, 2.75) is 12.5 Å². The van der Waals surface area contributed by atoms with Gasteiger partial charge in [-0.2, -0.15) is 0 Å². The maximum absolute atomic E-state index is 6.03. The second-order valence-corrected chi connectivity index (χ2v) is 9.76. The minimum Gasteiger partial charge on any atom is -0.478 e. The van der Waals surface area contributed by atoms with Crippen LogP contribution >= 0.6 is 7.92 Å². The summed E-state index contributed by atoms with van der Waals surface area (Å²) in [6, 6.07) is 40.9. The van der Waals surface area contributed by atoms with Gasteiger partial charge in [0.15, 0.2) is 5.90 Å². The van der Waals surface area contributed by atoms with E-state index in [0.29, 0.717) is 6.61 Å². The molecule has 31 heavy (non-hydrogen) atoms. The van der Waals surface area contributed by atoms with E-state index in [1.54, 1.807) is 0 Å². The Morgan fingerprint density at radius 2 is 1.23 bits per heavy atom. The Hall–Kier alpha value is -3.22. The molecule has 4 aromatic carbocycles. The van der Waals surface area contributed by atoms with Crippen LogP contribution in [0.2, 0.25) is 0 Å². The molecule has 152 valence electrons. The molecule has 3 heteroatoms. The number of benzene rings is 4. The highest BCUT2D eigenvalue weighted by Gasteiger charge is 2.24. The summed E-state index contributed by atoms with van der Waals surface area (Å²) < 4.78 is 6.03. The van der Waals surface area contributed by atoms with Crippen molar-refractivity contribution in [3.8, 4) is 0 Å². The third-order valence-corrected chi connectivity index (χ3v) is 8.04. The van der Waals surface area contributed by atoms with Crippen molar-refractivity contribution in [1.82, 2.24) is 0 Å². The number of hydrogen-bond donors (Lipinski definition) is 0. The van der Waals surface area contributed by atoms with Crippen LogP contribution in [0.3, 0.4) is 0 Å². The van der Waals surface area contributed by atoms with Crippen molar-refractivity contribution < 1.29 is 4.74 Å². The van der Waals surface area contributed by atoms with Gasteiger partial charge in [-0.25, -0.2) is 4.99 Å². The van der Waals surface area contributed by atoms with Crippen molar-refractivity contribution in [2.24, 2.45) is 4.99 Å². The van der Waals surface area contributed by atoms with Crippen molar-refractivity contribution in [1.29, 1.82) is 0 Å². The highest BCUT2D eigenvalue weighted by atomic mass is 31.1. The van der Waals surface area contributed by atoms with Gasteiger partial charge in [0, 0.05) is 6.42 Å². The first-order valence-electron chi connectivity index (χ1n) is 10.6. The average molecular weight is 421 g/mol. The molecule has 2 nitrogen and oxygen atoms in total. The van der Waals surface area contributed by atoms with Crippen LogP contribution in [0.15, 0.2) is 120 Å². The standard InChI is InChI=1S/C28H24NOP/c1-4-12-22(13-5-1)26-21-30-28(29-26)20-23-14-10-11-19-27(23)31(24-15-6-2-7-16-24)25-17-8-3-9-18-25/h1-19,26H,20-21H2/t26-/m1/s1. The molecule has 0 spiro atoms. The summed E-state index contributed by atoms with van der Waals surface area (Å²) in [5.74, 6) is 0.831. The molecule has 1 heterocycles. The first kappa shape index (κ1) is 19.7. The molecule has 0 unspecified atom stereocenters. The van der Waals surface area contributed by atoms with Crippen molar-refractivity contribution in [2.75, 3.05) is 6.61 Å². The van der Waals surface area contributed by atoms with Gasteiger partial charge >= 0.3 is 0 Å². The van der Waals surface area contributed by atoms with Gasteiger partial charge in [-0.05, 0) is 35.0 Å². The lowest BCUT2D eigenvalue weighted by atomic mass is 10.1. The van der Waals surface area contributed by atoms with E-state index in [1.807, 2.05) is 6.07 Å².